The summed E-state index contributed by atoms with van der Waals surface area (Å²) in [6.07, 6.45) is 1.66. The molecule has 0 fully saturated rings. The van der Waals surface area contributed by atoms with E-state index < -0.39 is 23.7 Å². The van der Waals surface area contributed by atoms with Crippen molar-refractivity contribution in [3.8, 4) is 12.1 Å². The monoisotopic (exact) mass is 308 g/mol. The van der Waals surface area contributed by atoms with Gasteiger partial charge in [0.05, 0.1) is 6.07 Å². The molecule has 0 aliphatic carbocycles. The van der Waals surface area contributed by atoms with Crippen molar-refractivity contribution in [2.24, 2.45) is 5.16 Å². The van der Waals surface area contributed by atoms with E-state index in [2.05, 4.69) is 20.6 Å². The molecule has 0 rings (SSSR count). The topological polar surface area (TPSA) is 156 Å². The standard InChI is InChI=1S/C12H16N6O4/c1-15-12(21)22-18-9(8-14)10(19)17-11(20)16-7-5-3-2-4-6-13/h2-5,7H2,1H3,(H,15,21)(H2,16,17,19,20). The zero-order valence-electron chi connectivity index (χ0n) is 12.0. The molecule has 0 bridgehead atoms. The van der Waals surface area contributed by atoms with Crippen molar-refractivity contribution in [3.05, 3.63) is 0 Å². The molecular formula is C12H16N6O4. The summed E-state index contributed by atoms with van der Waals surface area (Å²) in [6, 6.07) is 2.61. The lowest BCUT2D eigenvalue weighted by atomic mass is 10.2. The number of nitrogens with zero attached hydrogens (tertiary/aromatic N) is 3. The molecule has 0 saturated carbocycles. The summed E-state index contributed by atoms with van der Waals surface area (Å²) >= 11 is 0. The van der Waals surface area contributed by atoms with Gasteiger partial charge < -0.3 is 10.6 Å². The number of unbranched alkanes of at least 4 members (excludes halogenated alkanes) is 3. The number of oxime groups is 1. The molecule has 22 heavy (non-hydrogen) atoms. The van der Waals surface area contributed by atoms with Crippen LogP contribution in [0.25, 0.3) is 0 Å². The molecule has 0 spiro atoms. The summed E-state index contributed by atoms with van der Waals surface area (Å²) in [5.41, 5.74) is -0.771. The minimum Gasteiger partial charge on any atom is -0.338 e. The molecule has 0 unspecified atom stereocenters. The zero-order valence-corrected chi connectivity index (χ0v) is 12.0. The number of rotatable bonds is 7. The second kappa shape index (κ2) is 11.7. The maximum Gasteiger partial charge on any atom is 0.433 e. The van der Waals surface area contributed by atoms with Crippen molar-refractivity contribution in [2.75, 3.05) is 13.6 Å². The second-order valence-corrected chi connectivity index (χ2v) is 3.86. The van der Waals surface area contributed by atoms with Gasteiger partial charge in [-0.25, -0.2) is 9.59 Å². The highest BCUT2D eigenvalue weighted by Gasteiger charge is 2.15. The Morgan fingerprint density at radius 3 is 2.50 bits per heavy atom. The fraction of sp³-hybridized carbons (Fsp3) is 0.500. The number of hydrogen-bond donors (Lipinski definition) is 3. The molecule has 3 N–H and O–H groups in total. The predicted molar refractivity (Wildman–Crippen MR) is 74.2 cm³/mol. The molecule has 118 valence electrons. The normalized spacial score (nSPS) is 9.86. The first-order chi connectivity index (χ1) is 10.5. The lowest BCUT2D eigenvalue weighted by Crippen LogP contribution is -2.42. The van der Waals surface area contributed by atoms with E-state index in [1.165, 1.54) is 13.1 Å². The Morgan fingerprint density at radius 2 is 1.91 bits per heavy atom. The lowest BCUT2D eigenvalue weighted by Gasteiger charge is -2.05. The Morgan fingerprint density at radius 1 is 1.18 bits per heavy atom. The third-order valence-electron chi connectivity index (χ3n) is 2.22. The van der Waals surface area contributed by atoms with E-state index in [1.54, 1.807) is 0 Å². The summed E-state index contributed by atoms with van der Waals surface area (Å²) in [5, 5.41) is 26.4. The summed E-state index contributed by atoms with van der Waals surface area (Å²) < 4.78 is 0. The minimum absolute atomic E-state index is 0.318. The number of carbonyl (C=O) groups is 3. The number of nitriles is 2. The molecule has 0 radical (unpaired) electrons. The molecule has 10 heteroatoms. The van der Waals surface area contributed by atoms with Gasteiger partial charge in [0.1, 0.15) is 6.07 Å². The van der Waals surface area contributed by atoms with Crippen LogP contribution >= 0.6 is 0 Å². The first-order valence-corrected chi connectivity index (χ1v) is 6.38. The minimum atomic E-state index is -1.09. The molecule has 0 aromatic heterocycles. The van der Waals surface area contributed by atoms with E-state index in [4.69, 9.17) is 10.5 Å². The van der Waals surface area contributed by atoms with E-state index in [1.807, 2.05) is 11.4 Å². The van der Waals surface area contributed by atoms with E-state index in [-0.39, 0.29) is 0 Å². The van der Waals surface area contributed by atoms with E-state index >= 15 is 0 Å². The van der Waals surface area contributed by atoms with Crippen LogP contribution in [0.5, 0.6) is 0 Å². The van der Waals surface area contributed by atoms with Crippen molar-refractivity contribution in [1.82, 2.24) is 16.0 Å². The number of hydrogen-bond acceptors (Lipinski definition) is 7. The molecule has 0 saturated heterocycles. The highest BCUT2D eigenvalue weighted by molar-refractivity contribution is 6.46. The van der Waals surface area contributed by atoms with Gasteiger partial charge in [0.25, 0.3) is 5.91 Å². The van der Waals surface area contributed by atoms with Gasteiger partial charge in [0, 0.05) is 20.0 Å². The van der Waals surface area contributed by atoms with Gasteiger partial charge in [-0.15, -0.1) is 0 Å². The van der Waals surface area contributed by atoms with Gasteiger partial charge >= 0.3 is 12.1 Å². The van der Waals surface area contributed by atoms with Gasteiger partial charge in [-0.3, -0.25) is 14.9 Å². The number of urea groups is 1. The van der Waals surface area contributed by atoms with Gasteiger partial charge in [-0.1, -0.05) is 11.6 Å². The van der Waals surface area contributed by atoms with Crippen LogP contribution in [0.2, 0.25) is 0 Å². The molecule has 0 heterocycles. The molecule has 0 aromatic rings. The third-order valence-corrected chi connectivity index (χ3v) is 2.22. The van der Waals surface area contributed by atoms with E-state index in [0.717, 1.165) is 12.8 Å². The van der Waals surface area contributed by atoms with Crippen LogP contribution in [-0.4, -0.2) is 37.3 Å². The first kappa shape index (κ1) is 18.9. The van der Waals surface area contributed by atoms with Crippen LogP contribution in [0.3, 0.4) is 0 Å². The summed E-state index contributed by atoms with van der Waals surface area (Å²) in [4.78, 5) is 37.8. The molecular weight excluding hydrogens is 292 g/mol. The fourth-order valence-electron chi connectivity index (χ4n) is 1.16. The van der Waals surface area contributed by atoms with E-state index in [0.29, 0.717) is 19.4 Å². The fourth-order valence-corrected chi connectivity index (χ4v) is 1.16. The molecule has 0 aliphatic rings. The number of carbonyl (C=O) groups excluding carboxylic acids is 3. The average Bonchev–Trinajstić information content (AvgIpc) is 2.50. The lowest BCUT2D eigenvalue weighted by molar-refractivity contribution is -0.113. The molecule has 0 aromatic carbocycles. The van der Waals surface area contributed by atoms with Crippen LogP contribution in [0, 0.1) is 22.7 Å². The smallest absolute Gasteiger partial charge is 0.338 e. The maximum atomic E-state index is 11.5. The van der Waals surface area contributed by atoms with Gasteiger partial charge in [0.2, 0.25) is 5.71 Å². The van der Waals surface area contributed by atoms with Crippen molar-refractivity contribution in [2.45, 2.75) is 25.7 Å². The van der Waals surface area contributed by atoms with Crippen LogP contribution in [0.1, 0.15) is 25.7 Å². The average molecular weight is 308 g/mol. The quantitative estimate of drug-likeness (QED) is 0.262. The Balaban J connectivity index is 4.12. The number of imide groups is 1. The summed E-state index contributed by atoms with van der Waals surface area (Å²) in [7, 11) is 1.27. The Labute approximate surface area is 127 Å². The van der Waals surface area contributed by atoms with Crippen molar-refractivity contribution >= 4 is 23.7 Å². The molecule has 4 amide bonds. The summed E-state index contributed by atoms with van der Waals surface area (Å²) in [6.45, 7) is 0.318. The Kier molecular flexibility index (Phi) is 10.0. The highest BCUT2D eigenvalue weighted by Crippen LogP contribution is 1.96. The van der Waals surface area contributed by atoms with Crippen molar-refractivity contribution in [1.29, 1.82) is 10.5 Å². The number of amides is 4. The molecule has 0 aliphatic heterocycles. The highest BCUT2D eigenvalue weighted by atomic mass is 16.7. The molecule has 10 nitrogen and oxygen atoms in total. The largest absolute Gasteiger partial charge is 0.433 e. The van der Waals surface area contributed by atoms with Gasteiger partial charge in [0.15, 0.2) is 0 Å². The third kappa shape index (κ3) is 8.87. The van der Waals surface area contributed by atoms with Gasteiger partial charge in [-0.2, -0.15) is 10.5 Å². The maximum absolute atomic E-state index is 11.5. The van der Waals surface area contributed by atoms with Crippen LogP contribution in [-0.2, 0) is 9.63 Å². The molecule has 0 atom stereocenters. The van der Waals surface area contributed by atoms with Crippen molar-refractivity contribution < 1.29 is 19.2 Å². The Bertz CT molecular complexity index is 517. The summed E-state index contributed by atoms with van der Waals surface area (Å²) in [5.74, 6) is -1.09. The number of nitrogens with one attached hydrogen (secondary N) is 3. The van der Waals surface area contributed by atoms with Gasteiger partial charge in [-0.05, 0) is 12.8 Å². The van der Waals surface area contributed by atoms with Crippen LogP contribution < -0.4 is 16.0 Å². The van der Waals surface area contributed by atoms with Crippen LogP contribution in [0.4, 0.5) is 9.59 Å². The first-order valence-electron chi connectivity index (χ1n) is 6.38. The van der Waals surface area contributed by atoms with E-state index in [9.17, 15) is 14.4 Å². The SMILES string of the molecule is CNC(=O)ON=C(C#N)C(=O)NC(=O)NCCCCCC#N. The second-order valence-electron chi connectivity index (χ2n) is 3.86. The predicted octanol–water partition coefficient (Wildman–Crippen LogP) is 0.132. The van der Waals surface area contributed by atoms with Crippen molar-refractivity contribution in [3.63, 3.8) is 0 Å². The van der Waals surface area contributed by atoms with Crippen LogP contribution in [0.15, 0.2) is 5.16 Å². The zero-order chi connectivity index (χ0) is 16.8. The Hall–Kier alpha value is -3.14.